The summed E-state index contributed by atoms with van der Waals surface area (Å²) in [5.41, 5.74) is 2.54. The number of nitrogens with one attached hydrogen (secondary N) is 1. The zero-order valence-corrected chi connectivity index (χ0v) is 19.6. The van der Waals surface area contributed by atoms with E-state index in [1.165, 1.54) is 16.0 Å². The molecule has 0 spiro atoms. The van der Waals surface area contributed by atoms with E-state index in [4.69, 9.17) is 11.6 Å². The number of amides is 1. The lowest BCUT2D eigenvalue weighted by molar-refractivity contribution is -0.126. The number of rotatable bonds is 5. The molecule has 4 heteroatoms. The zero-order chi connectivity index (χ0) is 21.9. The molecule has 2 heterocycles. The van der Waals surface area contributed by atoms with Gasteiger partial charge in [-0.1, -0.05) is 72.3 Å². The summed E-state index contributed by atoms with van der Waals surface area (Å²) in [4.78, 5) is 13.9. The lowest BCUT2D eigenvalue weighted by atomic mass is 9.65. The summed E-state index contributed by atoms with van der Waals surface area (Å²) in [5.74, 6) is 1.88. The second kappa shape index (κ2) is 9.64. The SMILES string of the molecule is O=C1CC(/C=C/c2ccccc2)C2CC(C(c3ccc(Cl)cc3)c3cccs3)CCC2N1. The lowest BCUT2D eigenvalue weighted by Gasteiger charge is -2.45. The highest BCUT2D eigenvalue weighted by Gasteiger charge is 2.42. The highest BCUT2D eigenvalue weighted by molar-refractivity contribution is 7.10. The molecule has 32 heavy (non-hydrogen) atoms. The van der Waals surface area contributed by atoms with Gasteiger partial charge in [-0.2, -0.15) is 0 Å². The van der Waals surface area contributed by atoms with Crippen molar-refractivity contribution in [2.75, 3.05) is 0 Å². The second-order valence-electron chi connectivity index (χ2n) is 9.09. The summed E-state index contributed by atoms with van der Waals surface area (Å²) in [6, 6.07) is 23.5. The molecule has 2 aliphatic rings. The van der Waals surface area contributed by atoms with Gasteiger partial charge in [0.2, 0.25) is 5.91 Å². The van der Waals surface area contributed by atoms with Gasteiger partial charge in [-0.05, 0) is 71.7 Å². The van der Waals surface area contributed by atoms with Crippen LogP contribution in [0, 0.1) is 17.8 Å². The van der Waals surface area contributed by atoms with Gasteiger partial charge in [-0.3, -0.25) is 4.79 Å². The molecule has 164 valence electrons. The van der Waals surface area contributed by atoms with Crippen molar-refractivity contribution in [1.29, 1.82) is 0 Å². The fraction of sp³-hybridized carbons (Fsp3) is 0.321. The maximum Gasteiger partial charge on any atom is 0.220 e. The Balaban J connectivity index is 1.42. The Morgan fingerprint density at radius 3 is 2.56 bits per heavy atom. The van der Waals surface area contributed by atoms with E-state index in [2.05, 4.69) is 71.4 Å². The van der Waals surface area contributed by atoms with E-state index < -0.39 is 0 Å². The Bertz CT molecular complexity index is 1060. The van der Waals surface area contributed by atoms with E-state index in [-0.39, 0.29) is 17.9 Å². The normalized spacial score (nSPS) is 26.5. The molecular weight excluding hydrogens is 434 g/mol. The standard InChI is InChI=1S/C28H28ClNOS/c29-23-13-10-20(11-14-23)28(26-7-4-16-32-26)22-12-15-25-24(17-22)21(18-27(31)30-25)9-8-19-5-2-1-3-6-19/h1-11,13-14,16,21-22,24-25,28H,12,15,17-18H2,(H,30,31)/b9-8+. The number of fused-ring (bicyclic) bond motifs is 1. The fourth-order valence-corrected chi connectivity index (χ4v) is 6.71. The van der Waals surface area contributed by atoms with E-state index >= 15 is 0 Å². The minimum absolute atomic E-state index is 0.194. The van der Waals surface area contributed by atoms with Gasteiger partial charge in [-0.15, -0.1) is 11.3 Å². The first-order valence-electron chi connectivity index (χ1n) is 11.5. The van der Waals surface area contributed by atoms with Crippen LogP contribution in [0.25, 0.3) is 6.08 Å². The van der Waals surface area contributed by atoms with E-state index in [0.717, 1.165) is 24.3 Å². The Labute approximate surface area is 199 Å². The summed E-state index contributed by atoms with van der Waals surface area (Å²) in [5, 5.41) is 6.26. The first-order valence-corrected chi connectivity index (χ1v) is 12.7. The number of halogens is 1. The van der Waals surface area contributed by atoms with Crippen molar-refractivity contribution in [2.24, 2.45) is 17.8 Å². The first-order chi connectivity index (χ1) is 15.7. The van der Waals surface area contributed by atoms with Gasteiger partial charge < -0.3 is 5.32 Å². The van der Waals surface area contributed by atoms with Gasteiger partial charge in [0.05, 0.1) is 0 Å². The van der Waals surface area contributed by atoms with Crippen LogP contribution in [0.15, 0.2) is 78.2 Å². The maximum atomic E-state index is 12.4. The average Bonchev–Trinajstić information content (AvgIpc) is 3.34. The van der Waals surface area contributed by atoms with Gasteiger partial charge in [-0.25, -0.2) is 0 Å². The maximum absolute atomic E-state index is 12.4. The number of thiophene rings is 1. The summed E-state index contributed by atoms with van der Waals surface area (Å²) >= 11 is 8.04. The number of hydrogen-bond donors (Lipinski definition) is 1. The molecule has 1 aromatic heterocycles. The zero-order valence-electron chi connectivity index (χ0n) is 18.0. The Morgan fingerprint density at radius 2 is 1.81 bits per heavy atom. The topological polar surface area (TPSA) is 29.1 Å². The van der Waals surface area contributed by atoms with Crippen LogP contribution < -0.4 is 5.32 Å². The Morgan fingerprint density at radius 1 is 1.00 bits per heavy atom. The second-order valence-corrected chi connectivity index (χ2v) is 10.5. The van der Waals surface area contributed by atoms with Gasteiger partial charge in [0.15, 0.2) is 0 Å². The molecule has 1 amide bonds. The molecular formula is C28H28ClNOS. The molecule has 3 aromatic rings. The van der Waals surface area contributed by atoms with E-state index in [9.17, 15) is 4.79 Å². The van der Waals surface area contributed by atoms with E-state index in [1.807, 2.05) is 29.5 Å². The molecule has 0 bridgehead atoms. The van der Waals surface area contributed by atoms with Gasteiger partial charge >= 0.3 is 0 Å². The summed E-state index contributed by atoms with van der Waals surface area (Å²) in [6.07, 6.45) is 8.37. The highest BCUT2D eigenvalue weighted by atomic mass is 35.5. The number of piperidine rings is 1. The number of allylic oxidation sites excluding steroid dienone is 1. The minimum Gasteiger partial charge on any atom is -0.353 e. The number of carbonyl (C=O) groups excluding carboxylic acids is 1. The number of benzene rings is 2. The molecule has 1 aliphatic carbocycles. The molecule has 2 aromatic carbocycles. The predicted octanol–water partition coefficient (Wildman–Crippen LogP) is 7.17. The lowest BCUT2D eigenvalue weighted by Crippen LogP contribution is -2.51. The summed E-state index contributed by atoms with van der Waals surface area (Å²) < 4.78 is 0. The van der Waals surface area contributed by atoms with E-state index in [0.29, 0.717) is 24.2 Å². The molecule has 2 fully saturated rings. The van der Waals surface area contributed by atoms with Gasteiger partial charge in [0, 0.05) is 28.3 Å². The molecule has 5 rings (SSSR count). The van der Waals surface area contributed by atoms with Crippen LogP contribution in [0.2, 0.25) is 5.02 Å². The third-order valence-electron chi connectivity index (χ3n) is 7.14. The molecule has 1 N–H and O–H groups in total. The van der Waals surface area contributed by atoms with Crippen LogP contribution in [-0.2, 0) is 4.79 Å². The molecule has 2 nitrogen and oxygen atoms in total. The highest BCUT2D eigenvalue weighted by Crippen LogP contribution is 2.47. The van der Waals surface area contributed by atoms with Gasteiger partial charge in [0.25, 0.3) is 0 Å². The molecule has 1 saturated heterocycles. The first kappa shape index (κ1) is 21.5. The third kappa shape index (κ3) is 4.69. The van der Waals surface area contributed by atoms with E-state index in [1.54, 1.807) is 0 Å². The van der Waals surface area contributed by atoms with Crippen molar-refractivity contribution in [3.05, 3.63) is 99.2 Å². The molecule has 5 atom stereocenters. The van der Waals surface area contributed by atoms with Crippen molar-refractivity contribution in [1.82, 2.24) is 5.32 Å². The molecule has 0 radical (unpaired) electrons. The monoisotopic (exact) mass is 461 g/mol. The summed E-state index contributed by atoms with van der Waals surface area (Å²) in [6.45, 7) is 0. The van der Waals surface area contributed by atoms with Crippen molar-refractivity contribution < 1.29 is 4.79 Å². The van der Waals surface area contributed by atoms with Crippen LogP contribution >= 0.6 is 22.9 Å². The Hall–Kier alpha value is -2.36. The Kier molecular flexibility index (Phi) is 6.47. The third-order valence-corrected chi connectivity index (χ3v) is 8.35. The van der Waals surface area contributed by atoms with Crippen molar-refractivity contribution in [3.63, 3.8) is 0 Å². The van der Waals surface area contributed by atoms with Crippen LogP contribution in [0.4, 0.5) is 0 Å². The van der Waals surface area contributed by atoms with Crippen LogP contribution in [-0.4, -0.2) is 11.9 Å². The van der Waals surface area contributed by atoms with Gasteiger partial charge in [0.1, 0.15) is 0 Å². The molecule has 5 unspecified atom stereocenters. The number of hydrogen-bond acceptors (Lipinski definition) is 2. The van der Waals surface area contributed by atoms with Crippen LogP contribution in [0.1, 0.15) is 47.6 Å². The molecule has 1 aliphatic heterocycles. The van der Waals surface area contributed by atoms with Crippen molar-refractivity contribution in [3.8, 4) is 0 Å². The van der Waals surface area contributed by atoms with Crippen molar-refractivity contribution >= 4 is 34.9 Å². The van der Waals surface area contributed by atoms with Crippen LogP contribution in [0.5, 0.6) is 0 Å². The predicted molar refractivity (Wildman–Crippen MR) is 134 cm³/mol. The largest absolute Gasteiger partial charge is 0.353 e. The van der Waals surface area contributed by atoms with Crippen molar-refractivity contribution in [2.45, 2.75) is 37.6 Å². The molecule has 1 saturated carbocycles. The quantitative estimate of drug-likeness (QED) is 0.428. The fourth-order valence-electron chi connectivity index (χ4n) is 5.64. The summed E-state index contributed by atoms with van der Waals surface area (Å²) in [7, 11) is 0. The number of carbonyl (C=O) groups is 1. The smallest absolute Gasteiger partial charge is 0.220 e. The van der Waals surface area contributed by atoms with Crippen LogP contribution in [0.3, 0.4) is 0 Å². The average molecular weight is 462 g/mol. The minimum atomic E-state index is 0.194.